The molecule has 6 heteroatoms. The maximum Gasteiger partial charge on any atom is 0.356 e. The average Bonchev–Trinajstić information content (AvgIpc) is 2.59. The molecule has 0 unspecified atom stereocenters. The van der Waals surface area contributed by atoms with Gasteiger partial charge in [-0.05, 0) is 0 Å². The molecule has 1 heterocycles. The van der Waals surface area contributed by atoms with E-state index in [0.717, 1.165) is 0 Å². The van der Waals surface area contributed by atoms with Crippen LogP contribution in [-0.4, -0.2) is 35.3 Å². The summed E-state index contributed by atoms with van der Waals surface area (Å²) in [7, 11) is 3.04. The Hall–Kier alpha value is -3.15. The van der Waals surface area contributed by atoms with Crippen LogP contribution in [0.4, 0.5) is 0 Å². The number of benzene rings is 2. The molecule has 0 aliphatic heterocycles. The minimum Gasteiger partial charge on any atom is -0.493 e. The van der Waals surface area contributed by atoms with Crippen LogP contribution in [-0.2, 0) is 0 Å². The summed E-state index contributed by atoms with van der Waals surface area (Å²) in [5.74, 6) is -0.150. The Morgan fingerprint density at radius 3 is 2.04 bits per heavy atom. The molecule has 1 aromatic heterocycles. The lowest BCUT2D eigenvalue weighted by molar-refractivity contribution is 0.0691. The van der Waals surface area contributed by atoms with E-state index in [-0.39, 0.29) is 5.69 Å². The summed E-state index contributed by atoms with van der Waals surface area (Å²) in [6, 6.07) is 12.4. The van der Waals surface area contributed by atoms with Crippen molar-refractivity contribution in [3.63, 3.8) is 0 Å². The van der Waals surface area contributed by atoms with Gasteiger partial charge in [-0.15, -0.1) is 0 Å². The van der Waals surface area contributed by atoms with Crippen LogP contribution in [0.25, 0.3) is 22.3 Å². The molecular formula is C17H14N2O4. The van der Waals surface area contributed by atoms with Gasteiger partial charge in [0.25, 0.3) is 0 Å². The van der Waals surface area contributed by atoms with Crippen molar-refractivity contribution in [1.82, 2.24) is 9.97 Å². The van der Waals surface area contributed by atoms with Gasteiger partial charge in [-0.1, -0.05) is 30.3 Å². The van der Waals surface area contributed by atoms with E-state index in [2.05, 4.69) is 9.97 Å². The number of fused-ring (bicyclic) bond motifs is 1. The quantitative estimate of drug-likeness (QED) is 0.797. The van der Waals surface area contributed by atoms with Crippen LogP contribution in [0.5, 0.6) is 11.5 Å². The topological polar surface area (TPSA) is 81.5 Å². The lowest BCUT2D eigenvalue weighted by Gasteiger charge is -2.11. The third-order valence-corrected chi connectivity index (χ3v) is 3.42. The Balaban J connectivity index is 2.31. The van der Waals surface area contributed by atoms with Crippen molar-refractivity contribution in [3.05, 3.63) is 48.2 Å². The predicted molar refractivity (Wildman–Crippen MR) is 85.0 cm³/mol. The number of rotatable bonds is 4. The molecule has 0 saturated heterocycles. The molecular weight excluding hydrogens is 296 g/mol. The second-order valence-corrected chi connectivity index (χ2v) is 4.79. The van der Waals surface area contributed by atoms with E-state index >= 15 is 0 Å². The van der Waals surface area contributed by atoms with Crippen molar-refractivity contribution in [3.8, 4) is 22.8 Å². The molecule has 1 N–H and O–H groups in total. The van der Waals surface area contributed by atoms with Crippen LogP contribution in [0.3, 0.4) is 0 Å². The van der Waals surface area contributed by atoms with Gasteiger partial charge in [0.15, 0.2) is 17.2 Å². The normalized spacial score (nSPS) is 10.5. The number of carboxylic acid groups (broad SMARTS) is 1. The van der Waals surface area contributed by atoms with Crippen LogP contribution >= 0.6 is 0 Å². The predicted octanol–water partition coefficient (Wildman–Crippen LogP) is 3.01. The molecule has 23 heavy (non-hydrogen) atoms. The highest BCUT2D eigenvalue weighted by molar-refractivity contribution is 5.96. The maximum absolute atomic E-state index is 11.6. The summed E-state index contributed by atoms with van der Waals surface area (Å²) in [5.41, 5.74) is 1.87. The molecule has 0 radical (unpaired) electrons. The number of methoxy groups -OCH3 is 2. The van der Waals surface area contributed by atoms with Crippen molar-refractivity contribution in [2.75, 3.05) is 14.2 Å². The summed E-state index contributed by atoms with van der Waals surface area (Å²) >= 11 is 0. The first-order chi connectivity index (χ1) is 11.1. The van der Waals surface area contributed by atoms with E-state index in [0.29, 0.717) is 33.8 Å². The van der Waals surface area contributed by atoms with E-state index in [1.54, 1.807) is 24.3 Å². The zero-order valence-corrected chi connectivity index (χ0v) is 12.6. The third kappa shape index (κ3) is 2.66. The zero-order valence-electron chi connectivity index (χ0n) is 12.6. The minimum absolute atomic E-state index is 0.101. The number of aromatic nitrogens is 2. The van der Waals surface area contributed by atoms with E-state index < -0.39 is 5.97 Å². The number of hydrogen-bond donors (Lipinski definition) is 1. The number of carbonyl (C=O) groups is 1. The molecule has 0 saturated carbocycles. The van der Waals surface area contributed by atoms with E-state index in [1.807, 2.05) is 18.2 Å². The maximum atomic E-state index is 11.6. The van der Waals surface area contributed by atoms with Crippen LogP contribution in [0.15, 0.2) is 42.5 Å². The SMILES string of the molecule is COc1cc2nc(C(=O)O)c(-c3ccccc3)nc2cc1OC. The molecule has 0 bridgehead atoms. The van der Waals surface area contributed by atoms with Gasteiger partial charge in [-0.25, -0.2) is 14.8 Å². The number of aromatic carboxylic acids is 1. The number of ether oxygens (including phenoxy) is 2. The lowest BCUT2D eigenvalue weighted by Crippen LogP contribution is -2.06. The Kier molecular flexibility index (Phi) is 3.80. The van der Waals surface area contributed by atoms with Gasteiger partial charge in [0.05, 0.1) is 25.3 Å². The zero-order chi connectivity index (χ0) is 16.4. The Labute approximate surface area is 132 Å². The number of nitrogens with zero attached hydrogens (tertiary/aromatic N) is 2. The average molecular weight is 310 g/mol. The molecule has 6 nitrogen and oxygen atoms in total. The smallest absolute Gasteiger partial charge is 0.356 e. The van der Waals surface area contributed by atoms with Crippen molar-refractivity contribution < 1.29 is 19.4 Å². The standard InChI is InChI=1S/C17H14N2O4/c1-22-13-8-11-12(9-14(13)23-2)19-16(17(20)21)15(18-11)10-6-4-3-5-7-10/h3-9H,1-2H3,(H,20,21). The first kappa shape index (κ1) is 14.8. The fourth-order valence-corrected chi connectivity index (χ4v) is 2.33. The van der Waals surface area contributed by atoms with E-state index in [1.165, 1.54) is 14.2 Å². The molecule has 116 valence electrons. The summed E-state index contributed by atoms with van der Waals surface area (Å²) in [4.78, 5) is 20.3. The van der Waals surface area contributed by atoms with Crippen LogP contribution in [0.1, 0.15) is 10.5 Å². The van der Waals surface area contributed by atoms with Crippen molar-refractivity contribution in [1.29, 1.82) is 0 Å². The Morgan fingerprint density at radius 2 is 1.52 bits per heavy atom. The highest BCUT2D eigenvalue weighted by Gasteiger charge is 2.18. The van der Waals surface area contributed by atoms with E-state index in [9.17, 15) is 9.90 Å². The first-order valence-electron chi connectivity index (χ1n) is 6.86. The minimum atomic E-state index is -1.13. The van der Waals surface area contributed by atoms with Crippen molar-refractivity contribution in [2.24, 2.45) is 0 Å². The van der Waals surface area contributed by atoms with Gasteiger partial charge in [0.2, 0.25) is 0 Å². The van der Waals surface area contributed by atoms with Gasteiger partial charge >= 0.3 is 5.97 Å². The second kappa shape index (κ2) is 5.92. The molecule has 3 rings (SSSR count). The summed E-state index contributed by atoms with van der Waals surface area (Å²) < 4.78 is 10.5. The highest BCUT2D eigenvalue weighted by atomic mass is 16.5. The molecule has 0 atom stereocenters. The lowest BCUT2D eigenvalue weighted by atomic mass is 10.1. The van der Waals surface area contributed by atoms with Crippen molar-refractivity contribution >= 4 is 17.0 Å². The largest absolute Gasteiger partial charge is 0.493 e. The van der Waals surface area contributed by atoms with Crippen LogP contribution < -0.4 is 9.47 Å². The van der Waals surface area contributed by atoms with Gasteiger partial charge < -0.3 is 14.6 Å². The van der Waals surface area contributed by atoms with Gasteiger partial charge in [0, 0.05) is 17.7 Å². The molecule has 0 aliphatic carbocycles. The Bertz CT molecular complexity index is 879. The summed E-state index contributed by atoms with van der Waals surface area (Å²) in [6.45, 7) is 0. The number of carboxylic acids is 1. The highest BCUT2D eigenvalue weighted by Crippen LogP contribution is 2.32. The molecule has 0 aliphatic rings. The van der Waals surface area contributed by atoms with Crippen LogP contribution in [0.2, 0.25) is 0 Å². The molecule has 0 spiro atoms. The second-order valence-electron chi connectivity index (χ2n) is 4.79. The monoisotopic (exact) mass is 310 g/mol. The summed E-state index contributed by atoms with van der Waals surface area (Å²) in [5, 5.41) is 9.46. The fraction of sp³-hybridized carbons (Fsp3) is 0.118. The molecule has 3 aromatic rings. The van der Waals surface area contributed by atoms with Gasteiger partial charge in [-0.2, -0.15) is 0 Å². The van der Waals surface area contributed by atoms with Crippen LogP contribution in [0, 0.1) is 0 Å². The van der Waals surface area contributed by atoms with Gasteiger partial charge in [0.1, 0.15) is 5.69 Å². The third-order valence-electron chi connectivity index (χ3n) is 3.42. The van der Waals surface area contributed by atoms with Gasteiger partial charge in [-0.3, -0.25) is 0 Å². The fourth-order valence-electron chi connectivity index (χ4n) is 2.33. The summed E-state index contributed by atoms with van der Waals surface area (Å²) in [6.07, 6.45) is 0. The first-order valence-corrected chi connectivity index (χ1v) is 6.86. The Morgan fingerprint density at radius 1 is 0.957 bits per heavy atom. The van der Waals surface area contributed by atoms with E-state index in [4.69, 9.17) is 9.47 Å². The molecule has 0 amide bonds. The molecule has 2 aromatic carbocycles. The number of hydrogen-bond acceptors (Lipinski definition) is 5. The molecule has 0 fully saturated rings. The van der Waals surface area contributed by atoms with Crippen molar-refractivity contribution in [2.45, 2.75) is 0 Å².